The molecule has 1 aromatic heterocycles. The quantitative estimate of drug-likeness (QED) is 0.864. The van der Waals surface area contributed by atoms with Crippen molar-refractivity contribution >= 4 is 5.91 Å². The number of carbonyl (C=O) groups is 1. The molecule has 2 aromatic rings. The van der Waals surface area contributed by atoms with Gasteiger partial charge in [0.15, 0.2) is 11.5 Å². The second-order valence-electron chi connectivity index (χ2n) is 6.73. The fourth-order valence-electron chi connectivity index (χ4n) is 3.11. The van der Waals surface area contributed by atoms with Crippen molar-refractivity contribution in [2.75, 3.05) is 33.9 Å². The lowest BCUT2D eigenvalue weighted by Crippen LogP contribution is -2.34. The summed E-state index contributed by atoms with van der Waals surface area (Å²) in [5, 5.41) is 7.12. The number of carbonyl (C=O) groups excluding carboxylic acids is 1. The van der Waals surface area contributed by atoms with Crippen molar-refractivity contribution in [3.63, 3.8) is 0 Å². The molecular weight excluding hydrogens is 320 g/mol. The Kier molecular flexibility index (Phi) is 4.67. The molecule has 1 atom stereocenters. The third-order valence-corrected chi connectivity index (χ3v) is 4.83. The number of aromatic amines is 1. The van der Waals surface area contributed by atoms with E-state index in [1.165, 1.54) is 0 Å². The number of likely N-dealkylation sites (tertiary alicyclic amines) is 1. The monoisotopic (exact) mass is 344 g/mol. The molecule has 0 spiro atoms. The predicted octanol–water partition coefficient (Wildman–Crippen LogP) is 1.90. The second-order valence-corrected chi connectivity index (χ2v) is 6.73. The lowest BCUT2D eigenvalue weighted by atomic mass is 9.90. The summed E-state index contributed by atoms with van der Waals surface area (Å²) < 4.78 is 10.6. The molecule has 1 amide bonds. The summed E-state index contributed by atoms with van der Waals surface area (Å²) in [6, 6.07) is 7.30. The van der Waals surface area contributed by atoms with Gasteiger partial charge in [0, 0.05) is 18.7 Å². The highest BCUT2D eigenvalue weighted by Gasteiger charge is 2.35. The van der Waals surface area contributed by atoms with E-state index in [0.717, 1.165) is 18.5 Å². The minimum absolute atomic E-state index is 0.00185. The van der Waals surface area contributed by atoms with Gasteiger partial charge in [-0.05, 0) is 42.6 Å². The SMILES string of the molecule is COc1ccc(-c2cc(C(=O)N3CCC(C)(CN)C3)[nH]n2)cc1OC. The van der Waals surface area contributed by atoms with E-state index in [1.54, 1.807) is 20.3 Å². The normalized spacial score (nSPS) is 19.9. The zero-order valence-corrected chi connectivity index (χ0v) is 14.8. The van der Waals surface area contributed by atoms with Gasteiger partial charge in [0.2, 0.25) is 0 Å². The van der Waals surface area contributed by atoms with Crippen LogP contribution in [0.25, 0.3) is 11.3 Å². The molecule has 1 saturated heterocycles. The molecule has 0 aliphatic carbocycles. The first kappa shape index (κ1) is 17.3. The number of aromatic nitrogens is 2. The van der Waals surface area contributed by atoms with Gasteiger partial charge in [-0.25, -0.2) is 0 Å². The predicted molar refractivity (Wildman–Crippen MR) is 94.8 cm³/mol. The molecule has 2 heterocycles. The molecule has 0 radical (unpaired) electrons. The molecule has 1 aliphatic heterocycles. The Balaban J connectivity index is 1.80. The van der Waals surface area contributed by atoms with Crippen LogP contribution >= 0.6 is 0 Å². The Bertz CT molecular complexity index is 773. The molecule has 1 aromatic carbocycles. The number of amides is 1. The number of benzene rings is 1. The molecule has 7 nitrogen and oxygen atoms in total. The van der Waals surface area contributed by atoms with Crippen LogP contribution in [0.4, 0.5) is 0 Å². The van der Waals surface area contributed by atoms with Crippen molar-refractivity contribution in [1.82, 2.24) is 15.1 Å². The number of nitrogens with one attached hydrogen (secondary N) is 1. The van der Waals surface area contributed by atoms with Crippen molar-refractivity contribution < 1.29 is 14.3 Å². The van der Waals surface area contributed by atoms with E-state index in [9.17, 15) is 4.79 Å². The maximum absolute atomic E-state index is 12.7. The summed E-state index contributed by atoms with van der Waals surface area (Å²) >= 11 is 0. The smallest absolute Gasteiger partial charge is 0.271 e. The molecule has 25 heavy (non-hydrogen) atoms. The highest BCUT2D eigenvalue weighted by molar-refractivity contribution is 5.93. The molecule has 1 fully saturated rings. The van der Waals surface area contributed by atoms with E-state index in [-0.39, 0.29) is 11.3 Å². The number of hydrogen-bond donors (Lipinski definition) is 2. The standard InChI is InChI=1S/C18H24N4O3/c1-18(10-19)6-7-22(11-18)17(23)14-9-13(20-21-14)12-4-5-15(24-2)16(8-12)25-3/h4-5,8-9H,6-7,10-11,19H2,1-3H3,(H,20,21). The Morgan fingerprint density at radius 3 is 2.72 bits per heavy atom. The van der Waals surface area contributed by atoms with E-state index in [0.29, 0.717) is 36.0 Å². The van der Waals surface area contributed by atoms with Gasteiger partial charge in [-0.2, -0.15) is 5.10 Å². The van der Waals surface area contributed by atoms with Gasteiger partial charge >= 0.3 is 0 Å². The largest absolute Gasteiger partial charge is 0.493 e. The lowest BCUT2D eigenvalue weighted by Gasteiger charge is -2.22. The number of ether oxygens (including phenoxy) is 2. The number of nitrogens with zero attached hydrogens (tertiary/aromatic N) is 2. The highest BCUT2D eigenvalue weighted by Crippen LogP contribution is 2.32. The molecule has 3 N–H and O–H groups in total. The van der Waals surface area contributed by atoms with Crippen LogP contribution in [0.15, 0.2) is 24.3 Å². The van der Waals surface area contributed by atoms with Gasteiger partial charge in [0.05, 0.1) is 19.9 Å². The fourth-order valence-corrected chi connectivity index (χ4v) is 3.11. The van der Waals surface area contributed by atoms with E-state index in [1.807, 2.05) is 23.1 Å². The topological polar surface area (TPSA) is 93.5 Å². The Morgan fingerprint density at radius 2 is 2.08 bits per heavy atom. The van der Waals surface area contributed by atoms with Gasteiger partial charge < -0.3 is 20.1 Å². The minimum Gasteiger partial charge on any atom is -0.493 e. The first-order valence-corrected chi connectivity index (χ1v) is 8.27. The summed E-state index contributed by atoms with van der Waals surface area (Å²) in [5.74, 6) is 1.22. The van der Waals surface area contributed by atoms with Crippen LogP contribution in [0, 0.1) is 5.41 Å². The van der Waals surface area contributed by atoms with Crippen molar-refractivity contribution in [2.45, 2.75) is 13.3 Å². The average Bonchev–Trinajstić information content (AvgIpc) is 3.28. The Labute approximate surface area is 147 Å². The van der Waals surface area contributed by atoms with Gasteiger partial charge in [-0.15, -0.1) is 0 Å². The zero-order chi connectivity index (χ0) is 18.0. The van der Waals surface area contributed by atoms with Crippen LogP contribution in [-0.2, 0) is 0 Å². The Hall–Kier alpha value is -2.54. The van der Waals surface area contributed by atoms with Crippen LogP contribution in [0.1, 0.15) is 23.8 Å². The third kappa shape index (κ3) is 3.32. The molecule has 134 valence electrons. The van der Waals surface area contributed by atoms with E-state index in [4.69, 9.17) is 15.2 Å². The van der Waals surface area contributed by atoms with Crippen LogP contribution < -0.4 is 15.2 Å². The average molecular weight is 344 g/mol. The maximum Gasteiger partial charge on any atom is 0.271 e. The number of H-pyrrole nitrogens is 1. The lowest BCUT2D eigenvalue weighted by molar-refractivity contribution is 0.0771. The molecular formula is C18H24N4O3. The highest BCUT2D eigenvalue weighted by atomic mass is 16.5. The van der Waals surface area contributed by atoms with Crippen LogP contribution in [0.3, 0.4) is 0 Å². The van der Waals surface area contributed by atoms with Gasteiger partial charge in [-0.1, -0.05) is 6.92 Å². The van der Waals surface area contributed by atoms with Crippen molar-refractivity contribution in [2.24, 2.45) is 11.1 Å². The first-order valence-electron chi connectivity index (χ1n) is 8.27. The van der Waals surface area contributed by atoms with Crippen LogP contribution in [-0.4, -0.2) is 54.9 Å². The van der Waals surface area contributed by atoms with E-state index >= 15 is 0 Å². The number of methoxy groups -OCH3 is 2. The minimum atomic E-state index is -0.0450. The van der Waals surface area contributed by atoms with Gasteiger partial charge in [0.25, 0.3) is 5.91 Å². The maximum atomic E-state index is 12.7. The van der Waals surface area contributed by atoms with E-state index < -0.39 is 0 Å². The zero-order valence-electron chi connectivity index (χ0n) is 14.8. The summed E-state index contributed by atoms with van der Waals surface area (Å²) in [6.07, 6.45) is 0.923. The van der Waals surface area contributed by atoms with Gasteiger partial charge in [-0.3, -0.25) is 9.89 Å². The fraction of sp³-hybridized carbons (Fsp3) is 0.444. The van der Waals surface area contributed by atoms with Crippen molar-refractivity contribution in [3.8, 4) is 22.8 Å². The van der Waals surface area contributed by atoms with Crippen LogP contribution in [0.2, 0.25) is 0 Å². The van der Waals surface area contributed by atoms with E-state index in [2.05, 4.69) is 17.1 Å². The molecule has 1 aliphatic rings. The van der Waals surface area contributed by atoms with Crippen molar-refractivity contribution in [3.05, 3.63) is 30.0 Å². The second kappa shape index (κ2) is 6.76. The Morgan fingerprint density at radius 1 is 1.32 bits per heavy atom. The first-order chi connectivity index (χ1) is 12.0. The number of nitrogens with two attached hydrogens (primary N) is 1. The number of rotatable bonds is 5. The molecule has 0 saturated carbocycles. The molecule has 0 bridgehead atoms. The molecule has 7 heteroatoms. The molecule has 1 unspecified atom stereocenters. The summed E-state index contributed by atoms with van der Waals surface area (Å²) in [5.41, 5.74) is 7.83. The summed E-state index contributed by atoms with van der Waals surface area (Å²) in [4.78, 5) is 14.5. The number of hydrogen-bond acceptors (Lipinski definition) is 5. The summed E-state index contributed by atoms with van der Waals surface area (Å²) in [7, 11) is 3.18. The van der Waals surface area contributed by atoms with Crippen molar-refractivity contribution in [1.29, 1.82) is 0 Å². The molecule has 3 rings (SSSR count). The van der Waals surface area contributed by atoms with Crippen LogP contribution in [0.5, 0.6) is 11.5 Å². The van der Waals surface area contributed by atoms with Gasteiger partial charge in [0.1, 0.15) is 5.69 Å². The third-order valence-electron chi connectivity index (χ3n) is 4.83. The summed E-state index contributed by atoms with van der Waals surface area (Å²) in [6.45, 7) is 4.09.